The summed E-state index contributed by atoms with van der Waals surface area (Å²) >= 11 is 0. The molecule has 4 N–H and O–H groups in total. The predicted molar refractivity (Wildman–Crippen MR) is 109 cm³/mol. The first kappa shape index (κ1) is 21.2. The number of hydrogen-bond donors (Lipinski definition) is 4. The SMILES string of the molecule is C=CC(=O)N1CC[C@H](F)[C@H](Oc2nc(N/C(C=N)=C/NCC)nc3[nH]cc(F)c23)C1. The van der Waals surface area contributed by atoms with Crippen molar-refractivity contribution in [3.63, 3.8) is 0 Å². The van der Waals surface area contributed by atoms with Gasteiger partial charge >= 0.3 is 0 Å². The molecule has 11 heteroatoms. The molecule has 1 aliphatic rings. The van der Waals surface area contributed by atoms with Crippen LogP contribution in [0.2, 0.25) is 0 Å². The van der Waals surface area contributed by atoms with Gasteiger partial charge in [0.2, 0.25) is 17.7 Å². The zero-order chi connectivity index (χ0) is 21.7. The summed E-state index contributed by atoms with van der Waals surface area (Å²) in [5.74, 6) is -1.10. The van der Waals surface area contributed by atoms with Gasteiger partial charge in [0.1, 0.15) is 23.3 Å². The monoisotopic (exact) mass is 419 g/mol. The quantitative estimate of drug-likeness (QED) is 0.384. The normalized spacial score (nSPS) is 19.4. The van der Waals surface area contributed by atoms with Gasteiger partial charge in [-0.1, -0.05) is 6.58 Å². The van der Waals surface area contributed by atoms with Crippen molar-refractivity contribution in [2.45, 2.75) is 25.6 Å². The summed E-state index contributed by atoms with van der Waals surface area (Å²) in [6.45, 7) is 6.21. The van der Waals surface area contributed by atoms with Crippen LogP contribution in [0.4, 0.5) is 14.7 Å². The number of rotatable bonds is 8. The highest BCUT2D eigenvalue weighted by atomic mass is 19.1. The number of allylic oxidation sites excluding steroid dienone is 1. The van der Waals surface area contributed by atoms with Crippen LogP contribution in [0, 0.1) is 11.2 Å². The molecule has 2 atom stereocenters. The number of likely N-dealkylation sites (tertiary alicyclic amines) is 1. The molecule has 0 aliphatic carbocycles. The van der Waals surface area contributed by atoms with Gasteiger partial charge in [0.05, 0.1) is 12.2 Å². The number of H-pyrrole nitrogens is 1. The van der Waals surface area contributed by atoms with Crippen molar-refractivity contribution in [3.8, 4) is 5.88 Å². The lowest BCUT2D eigenvalue weighted by Gasteiger charge is -2.34. The summed E-state index contributed by atoms with van der Waals surface area (Å²) in [4.78, 5) is 24.3. The number of anilines is 1. The molecular weight excluding hydrogens is 396 g/mol. The van der Waals surface area contributed by atoms with E-state index in [0.717, 1.165) is 18.5 Å². The number of alkyl halides is 1. The molecule has 30 heavy (non-hydrogen) atoms. The van der Waals surface area contributed by atoms with Crippen LogP contribution >= 0.6 is 0 Å². The Morgan fingerprint density at radius 3 is 3.03 bits per heavy atom. The lowest BCUT2D eigenvalue weighted by molar-refractivity contribution is -0.130. The van der Waals surface area contributed by atoms with Crippen molar-refractivity contribution in [2.24, 2.45) is 0 Å². The van der Waals surface area contributed by atoms with E-state index in [0.29, 0.717) is 12.2 Å². The second-order valence-electron chi connectivity index (χ2n) is 6.59. The number of aromatic nitrogens is 3. The molecule has 160 valence electrons. The average molecular weight is 419 g/mol. The van der Waals surface area contributed by atoms with E-state index in [4.69, 9.17) is 10.1 Å². The minimum atomic E-state index is -1.35. The number of nitrogens with zero attached hydrogens (tertiary/aromatic N) is 3. The van der Waals surface area contributed by atoms with E-state index in [1.165, 1.54) is 4.90 Å². The smallest absolute Gasteiger partial charge is 0.246 e. The van der Waals surface area contributed by atoms with E-state index in [1.807, 2.05) is 6.92 Å². The molecule has 2 aromatic heterocycles. The third kappa shape index (κ3) is 4.56. The van der Waals surface area contributed by atoms with Crippen molar-refractivity contribution in [3.05, 3.63) is 36.6 Å². The van der Waals surface area contributed by atoms with Crippen LogP contribution in [0.5, 0.6) is 5.88 Å². The molecule has 0 spiro atoms. The molecule has 0 saturated carbocycles. The van der Waals surface area contributed by atoms with Crippen LogP contribution in [-0.2, 0) is 4.79 Å². The number of piperidine rings is 1. The topological polar surface area (TPSA) is 119 Å². The minimum absolute atomic E-state index is 0.0155. The van der Waals surface area contributed by atoms with Gasteiger partial charge in [0.25, 0.3) is 0 Å². The Hall–Kier alpha value is -3.50. The number of halogens is 2. The highest BCUT2D eigenvalue weighted by Gasteiger charge is 2.33. The highest BCUT2D eigenvalue weighted by molar-refractivity contribution is 5.87. The summed E-state index contributed by atoms with van der Waals surface area (Å²) < 4.78 is 34.5. The number of hydrogen-bond acceptors (Lipinski definition) is 7. The van der Waals surface area contributed by atoms with E-state index < -0.39 is 18.1 Å². The van der Waals surface area contributed by atoms with Gasteiger partial charge in [0, 0.05) is 31.7 Å². The fraction of sp³-hybridized carbons (Fsp3) is 0.368. The number of fused-ring (bicyclic) bond motifs is 1. The molecule has 2 aromatic rings. The van der Waals surface area contributed by atoms with E-state index in [1.54, 1.807) is 6.20 Å². The summed E-state index contributed by atoms with van der Waals surface area (Å²) in [5.41, 5.74) is 0.510. The van der Waals surface area contributed by atoms with Crippen molar-refractivity contribution in [1.29, 1.82) is 5.41 Å². The maximum absolute atomic E-state index is 14.5. The lowest BCUT2D eigenvalue weighted by Crippen LogP contribution is -2.49. The zero-order valence-corrected chi connectivity index (χ0v) is 16.4. The fourth-order valence-electron chi connectivity index (χ4n) is 3.03. The molecule has 1 aliphatic heterocycles. The van der Waals surface area contributed by atoms with E-state index >= 15 is 0 Å². The Labute approximate surface area is 171 Å². The zero-order valence-electron chi connectivity index (χ0n) is 16.4. The summed E-state index contributed by atoms with van der Waals surface area (Å²) in [6.07, 6.45) is 2.58. The van der Waals surface area contributed by atoms with Gasteiger partial charge < -0.3 is 30.7 Å². The Bertz CT molecular complexity index is 975. The third-order valence-corrected chi connectivity index (χ3v) is 4.55. The standard InChI is InChI=1S/C19H23F2N7O2/c1-3-15(29)28-6-5-12(20)14(10-28)30-18-16-13(21)9-24-17(16)26-19(27-18)25-11(7-22)8-23-4-2/h3,7-9,12,14,22-23H,1,4-6,10H2,2H3,(H2,24,25,26,27)/b11-8+,22-7?/t12-,14+/m0/s1. The van der Waals surface area contributed by atoms with E-state index in [2.05, 4.69) is 32.2 Å². The van der Waals surface area contributed by atoms with Gasteiger partial charge in [-0.25, -0.2) is 8.78 Å². The fourth-order valence-corrected chi connectivity index (χ4v) is 3.03. The average Bonchev–Trinajstić information content (AvgIpc) is 3.12. The van der Waals surface area contributed by atoms with Gasteiger partial charge in [-0.05, 0) is 19.4 Å². The number of ether oxygens (including phenoxy) is 1. The maximum atomic E-state index is 14.5. The Morgan fingerprint density at radius 2 is 2.33 bits per heavy atom. The van der Waals surface area contributed by atoms with Crippen molar-refractivity contribution in [1.82, 2.24) is 25.2 Å². The number of amides is 1. The molecule has 3 heterocycles. The number of carbonyl (C=O) groups excluding carboxylic acids is 1. The molecule has 1 amide bonds. The molecule has 0 bridgehead atoms. The number of nitrogens with one attached hydrogen (secondary N) is 4. The Balaban J connectivity index is 1.91. The van der Waals surface area contributed by atoms with Crippen molar-refractivity contribution >= 4 is 29.1 Å². The van der Waals surface area contributed by atoms with Crippen LogP contribution < -0.4 is 15.4 Å². The van der Waals surface area contributed by atoms with Gasteiger partial charge in [0.15, 0.2) is 5.82 Å². The first-order valence-electron chi connectivity index (χ1n) is 9.44. The third-order valence-electron chi connectivity index (χ3n) is 4.55. The molecule has 0 radical (unpaired) electrons. The molecule has 1 saturated heterocycles. The summed E-state index contributed by atoms with van der Waals surface area (Å²) in [7, 11) is 0. The first-order chi connectivity index (χ1) is 14.5. The van der Waals surface area contributed by atoms with Crippen LogP contribution in [0.15, 0.2) is 30.7 Å². The second kappa shape index (κ2) is 9.33. The van der Waals surface area contributed by atoms with Crippen LogP contribution in [0.1, 0.15) is 13.3 Å². The highest BCUT2D eigenvalue weighted by Crippen LogP contribution is 2.29. The van der Waals surface area contributed by atoms with Gasteiger partial charge in [-0.3, -0.25) is 4.79 Å². The molecule has 3 rings (SSSR count). The van der Waals surface area contributed by atoms with E-state index in [-0.39, 0.29) is 48.3 Å². The van der Waals surface area contributed by atoms with Crippen LogP contribution in [0.3, 0.4) is 0 Å². The number of aromatic amines is 1. The van der Waals surface area contributed by atoms with Crippen molar-refractivity contribution in [2.75, 3.05) is 25.0 Å². The molecule has 0 unspecified atom stereocenters. The Morgan fingerprint density at radius 1 is 1.53 bits per heavy atom. The number of carbonyl (C=O) groups is 1. The van der Waals surface area contributed by atoms with E-state index in [9.17, 15) is 13.6 Å². The molecule has 9 nitrogen and oxygen atoms in total. The van der Waals surface area contributed by atoms with Crippen LogP contribution in [0.25, 0.3) is 11.0 Å². The van der Waals surface area contributed by atoms with Crippen molar-refractivity contribution < 1.29 is 18.3 Å². The largest absolute Gasteiger partial charge is 0.469 e. The molecule has 0 aromatic carbocycles. The minimum Gasteiger partial charge on any atom is -0.469 e. The summed E-state index contributed by atoms with van der Waals surface area (Å²) in [6, 6.07) is 0. The second-order valence-corrected chi connectivity index (χ2v) is 6.59. The van der Waals surface area contributed by atoms with Gasteiger partial charge in [-0.2, -0.15) is 9.97 Å². The van der Waals surface area contributed by atoms with Gasteiger partial charge in [-0.15, -0.1) is 0 Å². The Kier molecular flexibility index (Phi) is 6.60. The molecule has 1 fully saturated rings. The summed E-state index contributed by atoms with van der Waals surface area (Å²) in [5, 5.41) is 13.2. The predicted octanol–water partition coefficient (Wildman–Crippen LogP) is 2.11. The van der Waals surface area contributed by atoms with Crippen LogP contribution in [-0.4, -0.2) is 63.9 Å². The lowest BCUT2D eigenvalue weighted by atomic mass is 10.1. The first-order valence-corrected chi connectivity index (χ1v) is 9.44. The maximum Gasteiger partial charge on any atom is 0.246 e. The molecular formula is C19H23F2N7O2.